The number of nitrogens with zero attached hydrogens (tertiary/aromatic N) is 1. The standard InChI is InChI=1S/C23H23N3O2/c1-18(27)24-21-13-8-14-22(15-21)25-23(28)26(16-19-9-4-2-5-10-19)17-20-11-6-3-7-12-20/h2-15H,16-17H2,1H3,(H,24,27)(H,25,28). The van der Waals surface area contributed by atoms with Crippen LogP contribution in [0.1, 0.15) is 18.1 Å². The average Bonchev–Trinajstić information content (AvgIpc) is 2.69. The van der Waals surface area contributed by atoms with Crippen molar-refractivity contribution in [3.63, 3.8) is 0 Å². The molecule has 142 valence electrons. The van der Waals surface area contributed by atoms with Crippen molar-refractivity contribution in [3.8, 4) is 0 Å². The maximum Gasteiger partial charge on any atom is 0.322 e. The van der Waals surface area contributed by atoms with Gasteiger partial charge in [0.15, 0.2) is 0 Å². The smallest absolute Gasteiger partial charge is 0.322 e. The summed E-state index contributed by atoms with van der Waals surface area (Å²) in [6.45, 7) is 2.44. The summed E-state index contributed by atoms with van der Waals surface area (Å²) in [6.07, 6.45) is 0. The van der Waals surface area contributed by atoms with Crippen LogP contribution in [0.5, 0.6) is 0 Å². The van der Waals surface area contributed by atoms with Crippen LogP contribution in [0.2, 0.25) is 0 Å². The van der Waals surface area contributed by atoms with E-state index >= 15 is 0 Å². The quantitative estimate of drug-likeness (QED) is 0.647. The Morgan fingerprint density at radius 1 is 0.714 bits per heavy atom. The number of anilines is 2. The zero-order valence-electron chi connectivity index (χ0n) is 15.8. The maximum absolute atomic E-state index is 13.0. The molecular formula is C23H23N3O2. The van der Waals surface area contributed by atoms with E-state index in [0.717, 1.165) is 11.1 Å². The molecule has 0 aromatic heterocycles. The summed E-state index contributed by atoms with van der Waals surface area (Å²) in [7, 11) is 0. The van der Waals surface area contributed by atoms with Gasteiger partial charge in [-0.15, -0.1) is 0 Å². The summed E-state index contributed by atoms with van der Waals surface area (Å²) in [5.74, 6) is -0.154. The van der Waals surface area contributed by atoms with Crippen LogP contribution in [0.25, 0.3) is 0 Å². The molecule has 0 aliphatic rings. The van der Waals surface area contributed by atoms with Gasteiger partial charge in [0.05, 0.1) is 0 Å². The van der Waals surface area contributed by atoms with Crippen molar-refractivity contribution in [2.24, 2.45) is 0 Å². The Labute approximate surface area is 165 Å². The topological polar surface area (TPSA) is 61.4 Å². The number of hydrogen-bond acceptors (Lipinski definition) is 2. The lowest BCUT2D eigenvalue weighted by Crippen LogP contribution is -2.34. The van der Waals surface area contributed by atoms with E-state index in [9.17, 15) is 9.59 Å². The van der Waals surface area contributed by atoms with Crippen molar-refractivity contribution >= 4 is 23.3 Å². The Balaban J connectivity index is 1.76. The van der Waals surface area contributed by atoms with Gasteiger partial charge in [-0.2, -0.15) is 0 Å². The van der Waals surface area contributed by atoms with Crippen LogP contribution >= 0.6 is 0 Å². The van der Waals surface area contributed by atoms with Crippen molar-refractivity contribution in [2.45, 2.75) is 20.0 Å². The summed E-state index contributed by atoms with van der Waals surface area (Å²) in [5, 5.41) is 5.66. The number of nitrogens with one attached hydrogen (secondary N) is 2. The minimum Gasteiger partial charge on any atom is -0.326 e. The van der Waals surface area contributed by atoms with Gasteiger partial charge in [-0.1, -0.05) is 66.7 Å². The molecule has 3 aromatic carbocycles. The van der Waals surface area contributed by atoms with Gasteiger partial charge in [-0.25, -0.2) is 4.79 Å². The fraction of sp³-hybridized carbons (Fsp3) is 0.130. The predicted molar refractivity (Wildman–Crippen MR) is 112 cm³/mol. The molecule has 0 saturated heterocycles. The molecular weight excluding hydrogens is 350 g/mol. The number of carbonyl (C=O) groups is 2. The van der Waals surface area contributed by atoms with Crippen LogP contribution in [0.4, 0.5) is 16.2 Å². The number of hydrogen-bond donors (Lipinski definition) is 2. The third-order valence-electron chi connectivity index (χ3n) is 4.15. The molecule has 3 aromatic rings. The van der Waals surface area contributed by atoms with Gasteiger partial charge >= 0.3 is 6.03 Å². The van der Waals surface area contributed by atoms with E-state index in [1.54, 1.807) is 29.2 Å². The normalized spacial score (nSPS) is 10.2. The summed E-state index contributed by atoms with van der Waals surface area (Å²) in [4.78, 5) is 26.0. The molecule has 3 amide bonds. The van der Waals surface area contributed by atoms with E-state index in [1.807, 2.05) is 60.7 Å². The molecule has 0 fully saturated rings. The zero-order valence-corrected chi connectivity index (χ0v) is 15.8. The molecule has 5 heteroatoms. The first-order valence-electron chi connectivity index (χ1n) is 9.11. The van der Waals surface area contributed by atoms with Crippen molar-refractivity contribution in [3.05, 3.63) is 96.1 Å². The zero-order chi connectivity index (χ0) is 19.8. The molecule has 5 nitrogen and oxygen atoms in total. The molecule has 3 rings (SSSR count). The van der Waals surface area contributed by atoms with Crippen LogP contribution in [0.15, 0.2) is 84.9 Å². The molecule has 28 heavy (non-hydrogen) atoms. The van der Waals surface area contributed by atoms with E-state index in [-0.39, 0.29) is 11.9 Å². The van der Waals surface area contributed by atoms with Crippen LogP contribution < -0.4 is 10.6 Å². The van der Waals surface area contributed by atoms with Gasteiger partial charge in [0.25, 0.3) is 0 Å². The molecule has 0 radical (unpaired) electrons. The monoisotopic (exact) mass is 373 g/mol. The highest BCUT2D eigenvalue weighted by Gasteiger charge is 2.15. The lowest BCUT2D eigenvalue weighted by atomic mass is 10.2. The number of benzene rings is 3. The number of urea groups is 1. The third kappa shape index (κ3) is 5.71. The molecule has 2 N–H and O–H groups in total. The average molecular weight is 373 g/mol. The highest BCUT2D eigenvalue weighted by molar-refractivity contribution is 5.92. The lowest BCUT2D eigenvalue weighted by Gasteiger charge is -2.23. The van der Waals surface area contributed by atoms with E-state index < -0.39 is 0 Å². The fourth-order valence-corrected chi connectivity index (χ4v) is 2.89. The second-order valence-electron chi connectivity index (χ2n) is 6.52. The van der Waals surface area contributed by atoms with Crippen LogP contribution in [0, 0.1) is 0 Å². The number of rotatable bonds is 6. The first-order chi connectivity index (χ1) is 13.6. The molecule has 0 aliphatic carbocycles. The van der Waals surface area contributed by atoms with Crippen molar-refractivity contribution in [1.82, 2.24) is 4.90 Å². The van der Waals surface area contributed by atoms with Gasteiger partial charge in [0.2, 0.25) is 5.91 Å². The first kappa shape index (κ1) is 19.2. The van der Waals surface area contributed by atoms with Gasteiger partial charge in [0, 0.05) is 31.4 Å². The van der Waals surface area contributed by atoms with E-state index in [4.69, 9.17) is 0 Å². The Hall–Kier alpha value is -3.60. The van der Waals surface area contributed by atoms with Gasteiger partial charge in [-0.05, 0) is 29.3 Å². The third-order valence-corrected chi connectivity index (χ3v) is 4.15. The largest absolute Gasteiger partial charge is 0.326 e. The fourth-order valence-electron chi connectivity index (χ4n) is 2.89. The highest BCUT2D eigenvalue weighted by atomic mass is 16.2. The van der Waals surface area contributed by atoms with E-state index in [1.165, 1.54) is 6.92 Å². The molecule has 0 saturated carbocycles. The van der Waals surface area contributed by atoms with Gasteiger partial charge in [0.1, 0.15) is 0 Å². The molecule has 0 heterocycles. The van der Waals surface area contributed by atoms with E-state index in [2.05, 4.69) is 10.6 Å². The molecule has 0 unspecified atom stereocenters. The summed E-state index contributed by atoms with van der Waals surface area (Å²) < 4.78 is 0. The Morgan fingerprint density at radius 2 is 1.21 bits per heavy atom. The summed E-state index contributed by atoms with van der Waals surface area (Å²) >= 11 is 0. The van der Waals surface area contributed by atoms with Crippen molar-refractivity contribution in [2.75, 3.05) is 10.6 Å². The maximum atomic E-state index is 13.0. The van der Waals surface area contributed by atoms with Crippen LogP contribution in [-0.2, 0) is 17.9 Å². The minimum absolute atomic E-state index is 0.154. The Bertz CT molecular complexity index is 885. The SMILES string of the molecule is CC(=O)Nc1cccc(NC(=O)N(Cc2ccccc2)Cc2ccccc2)c1. The summed E-state index contributed by atoms with van der Waals surface area (Å²) in [6, 6.07) is 26.7. The van der Waals surface area contributed by atoms with Crippen molar-refractivity contribution < 1.29 is 9.59 Å². The molecule has 0 aliphatic heterocycles. The van der Waals surface area contributed by atoms with Gasteiger partial charge in [-0.3, -0.25) is 4.79 Å². The summed E-state index contributed by atoms with van der Waals surface area (Å²) in [5.41, 5.74) is 3.38. The second-order valence-corrected chi connectivity index (χ2v) is 6.52. The molecule has 0 atom stereocenters. The van der Waals surface area contributed by atoms with Crippen molar-refractivity contribution in [1.29, 1.82) is 0 Å². The first-order valence-corrected chi connectivity index (χ1v) is 9.11. The highest BCUT2D eigenvalue weighted by Crippen LogP contribution is 2.17. The van der Waals surface area contributed by atoms with Crippen LogP contribution in [-0.4, -0.2) is 16.8 Å². The van der Waals surface area contributed by atoms with E-state index in [0.29, 0.717) is 24.5 Å². The van der Waals surface area contributed by atoms with Gasteiger partial charge < -0.3 is 15.5 Å². The Kier molecular flexibility index (Phi) is 6.41. The number of amides is 3. The number of carbonyl (C=O) groups excluding carboxylic acids is 2. The van der Waals surface area contributed by atoms with Crippen LogP contribution in [0.3, 0.4) is 0 Å². The molecule has 0 bridgehead atoms. The molecule has 0 spiro atoms. The minimum atomic E-state index is -0.201. The second kappa shape index (κ2) is 9.37. The Morgan fingerprint density at radius 3 is 1.71 bits per heavy atom. The predicted octanol–water partition coefficient (Wildman–Crippen LogP) is 4.88. The lowest BCUT2D eigenvalue weighted by molar-refractivity contribution is -0.114.